The number of nitrogens with one attached hydrogen (secondary N) is 1. The molecule has 88 heavy (non-hydrogen) atoms. The van der Waals surface area contributed by atoms with Crippen LogP contribution < -0.4 is 26.3 Å². The quantitative estimate of drug-likeness (QED) is 0.0128. The minimum Gasteiger partial charge on any atom is -0.423 e. The fourth-order valence-electron chi connectivity index (χ4n) is 12.4. The summed E-state index contributed by atoms with van der Waals surface area (Å²) in [5.41, 5.74) is 14.6. The summed E-state index contributed by atoms with van der Waals surface area (Å²) in [5.74, 6) is -0.230. The number of amides is 1. The summed E-state index contributed by atoms with van der Waals surface area (Å²) < 4.78 is 2.17. The minimum absolute atomic E-state index is 0.00764. The molecule has 0 saturated heterocycles. The van der Waals surface area contributed by atoms with E-state index in [9.17, 15) is 40.2 Å². The second-order valence-corrected chi connectivity index (χ2v) is 28.7. The van der Waals surface area contributed by atoms with Gasteiger partial charge in [-0.15, -0.1) is 0 Å². The van der Waals surface area contributed by atoms with Crippen LogP contribution in [-0.4, -0.2) is 122 Å². The number of benzene rings is 7. The van der Waals surface area contributed by atoms with Gasteiger partial charge in [0.1, 0.15) is 22.2 Å². The number of fused-ring (bicyclic) bond motifs is 4. The summed E-state index contributed by atoms with van der Waals surface area (Å²) in [7, 11) is 2.56. The molecule has 0 saturated carbocycles. The van der Waals surface area contributed by atoms with Crippen molar-refractivity contribution in [1.82, 2.24) is 15.1 Å². The van der Waals surface area contributed by atoms with Crippen molar-refractivity contribution in [2.24, 2.45) is 0 Å². The smallest absolute Gasteiger partial charge is 0.423 e. The van der Waals surface area contributed by atoms with Gasteiger partial charge in [0, 0.05) is 83.2 Å². The number of Topliss-reactive ketones (excluding diaryl/α,β-unsaturated/α-hetero) is 1. The molecular weight excluding hydrogens is 1110 g/mol. The molecule has 0 unspecified atom stereocenters. The van der Waals surface area contributed by atoms with Gasteiger partial charge in [0.2, 0.25) is 5.91 Å². The second-order valence-electron chi connectivity index (χ2n) is 24.4. The number of anilines is 1. The SMILES string of the molecule is C=C(C)C(=O)CCCCN(Cc1cc(C#N)ccc1B(O)O)Cc1c2ccccc2c(CN(CCCNC(=O)C(=C)C)Cc2cc(C#N)ccc2B(O)O)c2ccc(-c3cccc(C4=C5C=CC(=[N+](C)C)C=C5[Si](C)(C)c5cc(N(C)C)ccc54)c3)cc12. The van der Waals surface area contributed by atoms with Gasteiger partial charge in [-0.05, 0) is 198 Å². The minimum atomic E-state index is -2.24. The third kappa shape index (κ3) is 14.1. The third-order valence-corrected chi connectivity index (χ3v) is 20.8. The van der Waals surface area contributed by atoms with Crippen molar-refractivity contribution in [3.8, 4) is 23.3 Å². The average Bonchev–Trinajstić information content (AvgIpc) is 0.758. The van der Waals surface area contributed by atoms with Crippen molar-refractivity contribution in [2.45, 2.75) is 78.8 Å². The number of carbonyl (C=O) groups excluding carboxylic acids is 2. The van der Waals surface area contributed by atoms with Crippen LogP contribution in [0.25, 0.3) is 38.2 Å². The van der Waals surface area contributed by atoms with Gasteiger partial charge in [-0.1, -0.05) is 99.0 Å². The van der Waals surface area contributed by atoms with Gasteiger partial charge in [-0.2, -0.15) is 10.5 Å². The van der Waals surface area contributed by atoms with E-state index in [0.717, 1.165) is 60.8 Å². The average molecular weight is 1190 g/mol. The van der Waals surface area contributed by atoms with Crippen LogP contribution in [0.1, 0.15) is 84.0 Å². The van der Waals surface area contributed by atoms with E-state index in [2.05, 4.69) is 182 Å². The third-order valence-electron chi connectivity index (χ3n) is 17.2. The lowest BCUT2D eigenvalue weighted by molar-refractivity contribution is -0.462. The van der Waals surface area contributed by atoms with Crippen molar-refractivity contribution in [3.63, 3.8) is 0 Å². The molecule has 0 fully saturated rings. The molecule has 1 aliphatic carbocycles. The predicted octanol–water partition coefficient (Wildman–Crippen LogP) is 8.71. The summed E-state index contributed by atoms with van der Waals surface area (Å²) in [6.07, 6.45) is 9.07. The highest BCUT2D eigenvalue weighted by atomic mass is 28.3. The van der Waals surface area contributed by atoms with Crippen LogP contribution in [0.5, 0.6) is 0 Å². The Bertz CT molecular complexity index is 4140. The van der Waals surface area contributed by atoms with Crippen LogP contribution in [0.15, 0.2) is 175 Å². The summed E-state index contributed by atoms with van der Waals surface area (Å²) in [4.78, 5) is 32.2. The van der Waals surface area contributed by atoms with Crippen LogP contribution in [0.2, 0.25) is 13.1 Å². The highest BCUT2D eigenvalue weighted by Gasteiger charge is 2.40. The van der Waals surface area contributed by atoms with E-state index in [-0.39, 0.29) is 24.8 Å². The maximum Gasteiger partial charge on any atom is 0.488 e. The molecule has 5 N–H and O–H groups in total. The molecule has 1 amide bonds. The zero-order valence-electron chi connectivity index (χ0n) is 51.9. The van der Waals surface area contributed by atoms with Crippen LogP contribution in [-0.2, 0) is 35.8 Å². The predicted molar refractivity (Wildman–Crippen MR) is 361 cm³/mol. The molecule has 0 aromatic heterocycles. The highest BCUT2D eigenvalue weighted by molar-refractivity contribution is 6.98. The summed E-state index contributed by atoms with van der Waals surface area (Å²) in [6, 6.07) is 45.0. The Kier molecular flexibility index (Phi) is 20.1. The van der Waals surface area contributed by atoms with Gasteiger partial charge >= 0.3 is 14.2 Å². The normalized spacial score (nSPS) is 13.2. The molecule has 16 heteroatoms. The highest BCUT2D eigenvalue weighted by Crippen LogP contribution is 2.44. The standard InChI is InChI=1S/C72H77B2N7O6Si/c1-47(2)68(82)21-13-14-33-80(43-54-35-49(41-75)22-30-66(54)73(84)85)46-65-59-20-12-11-19-58(59)64(45-81(34-16-32-77-72(83)48(3)4)44-55-36-50(42-76)23-31-67(55)74(86)87)60-27-24-52(38-63(60)65)51-17-15-18-53(37-51)71-61-28-25-56(78(5)6)39-69(61)88(9,10)70-40-57(79(7)8)26-29-62(70)71/h11-12,15,17-20,22-31,35-40,84-87H,1,3,13-14,16,21,32-34,43-46H2,2,4-10H3/p+1. The van der Waals surface area contributed by atoms with Gasteiger partial charge in [0.25, 0.3) is 0 Å². The first-order chi connectivity index (χ1) is 42.1. The van der Waals surface area contributed by atoms with Crippen LogP contribution >= 0.6 is 0 Å². The van der Waals surface area contributed by atoms with Gasteiger partial charge in [-0.3, -0.25) is 19.4 Å². The van der Waals surface area contributed by atoms with Gasteiger partial charge < -0.3 is 30.3 Å². The molecule has 0 spiro atoms. The Morgan fingerprint density at radius 1 is 0.636 bits per heavy atom. The molecule has 9 rings (SSSR count). The topological polar surface area (TPSA) is 187 Å². The Balaban J connectivity index is 1.25. The molecule has 0 atom stereocenters. The maximum absolute atomic E-state index is 12.9. The first-order valence-electron chi connectivity index (χ1n) is 30.0. The fourth-order valence-corrected chi connectivity index (χ4v) is 15.5. The van der Waals surface area contributed by atoms with E-state index in [0.29, 0.717) is 103 Å². The van der Waals surface area contributed by atoms with Crippen molar-refractivity contribution in [3.05, 3.63) is 219 Å². The molecule has 1 aliphatic heterocycles. The van der Waals surface area contributed by atoms with E-state index in [1.54, 1.807) is 50.2 Å². The first kappa shape index (κ1) is 63.9. The maximum atomic E-state index is 12.9. The van der Waals surface area contributed by atoms with Gasteiger partial charge in [0.05, 0.1) is 23.3 Å². The number of nitrogens with zero attached hydrogens (tertiary/aromatic N) is 6. The lowest BCUT2D eigenvalue weighted by Gasteiger charge is -2.38. The van der Waals surface area contributed by atoms with E-state index in [4.69, 9.17) is 0 Å². The van der Waals surface area contributed by atoms with Crippen LogP contribution in [0.3, 0.4) is 0 Å². The van der Waals surface area contributed by atoms with E-state index >= 15 is 0 Å². The number of allylic oxidation sites excluding steroid dienone is 6. The zero-order chi connectivity index (χ0) is 63.1. The summed E-state index contributed by atoms with van der Waals surface area (Å²) >= 11 is 0. The van der Waals surface area contributed by atoms with Crippen molar-refractivity contribution in [2.75, 3.05) is 52.7 Å². The number of rotatable bonds is 24. The lowest BCUT2D eigenvalue weighted by atomic mass is 9.76. The molecule has 0 radical (unpaired) electrons. The molecule has 1 heterocycles. The largest absolute Gasteiger partial charge is 0.488 e. The van der Waals surface area contributed by atoms with Crippen LogP contribution in [0.4, 0.5) is 5.69 Å². The summed E-state index contributed by atoms with van der Waals surface area (Å²) in [6.45, 7) is 18.7. The van der Waals surface area contributed by atoms with Crippen molar-refractivity contribution >= 4 is 88.6 Å². The molecule has 0 bridgehead atoms. The van der Waals surface area contributed by atoms with Gasteiger partial charge in [-0.25, -0.2) is 4.58 Å². The van der Waals surface area contributed by atoms with Crippen LogP contribution in [0, 0.1) is 22.7 Å². The Morgan fingerprint density at radius 3 is 1.78 bits per heavy atom. The summed E-state index contributed by atoms with van der Waals surface area (Å²) in [5, 5.41) is 72.6. The first-order valence-corrected chi connectivity index (χ1v) is 33.0. The number of hydrogen-bond donors (Lipinski definition) is 5. The number of hydrogen-bond acceptors (Lipinski definition) is 11. The van der Waals surface area contributed by atoms with E-state index in [1.807, 2.05) is 12.1 Å². The Labute approximate surface area is 519 Å². The molecule has 7 aromatic carbocycles. The van der Waals surface area contributed by atoms with Crippen molar-refractivity contribution < 1.29 is 34.3 Å². The number of unbranched alkanes of at least 4 members (excludes halogenated alkanes) is 1. The Hall–Kier alpha value is -8.54. The molecule has 13 nitrogen and oxygen atoms in total. The van der Waals surface area contributed by atoms with E-state index in [1.165, 1.54) is 27.1 Å². The fraction of sp³-hybridized carbons (Fsp3) is 0.264. The van der Waals surface area contributed by atoms with Crippen molar-refractivity contribution in [1.29, 1.82) is 10.5 Å². The second kappa shape index (κ2) is 27.7. The molecular formula is C72H78B2N7O6Si+. The monoisotopic (exact) mass is 1190 g/mol. The van der Waals surface area contributed by atoms with E-state index < -0.39 is 22.3 Å². The Morgan fingerprint density at radius 2 is 1.22 bits per heavy atom. The lowest BCUT2D eigenvalue weighted by Crippen LogP contribution is -2.49. The zero-order valence-corrected chi connectivity index (χ0v) is 52.9. The molecule has 446 valence electrons. The number of carbonyl (C=O) groups is 2. The number of ketones is 1. The number of nitriles is 2. The molecule has 2 aliphatic rings. The molecule has 7 aromatic rings. The van der Waals surface area contributed by atoms with Gasteiger partial charge in [0.15, 0.2) is 11.5 Å².